The number of carboxylic acid groups (broad SMARTS) is 1. The summed E-state index contributed by atoms with van der Waals surface area (Å²) in [5.41, 5.74) is 0. The first-order chi connectivity index (χ1) is 8.60. The van der Waals surface area contributed by atoms with Gasteiger partial charge in [0.25, 0.3) is 0 Å². The summed E-state index contributed by atoms with van der Waals surface area (Å²) in [4.78, 5) is 24.7. The largest absolute Gasteiger partial charge is 0.480 e. The third-order valence-corrected chi connectivity index (χ3v) is 2.96. The van der Waals surface area contributed by atoms with Gasteiger partial charge in [0.2, 0.25) is 0 Å². The molecular formula is C12H22N2O4. The summed E-state index contributed by atoms with van der Waals surface area (Å²) in [5.74, 6) is -0.979. The third kappa shape index (κ3) is 4.52. The molecule has 6 nitrogen and oxygen atoms in total. The number of carbonyl (C=O) groups is 2. The number of ether oxygens (including phenoxy) is 1. The standard InChI is InChI=1S/C12H22N2O4/c1-3-4-10(11(15)16)13-12(17)14(7-8-18-2)9-5-6-9/h9-10H,3-8H2,1-2H3,(H,13,17)(H,15,16)/t10-/m1/s1. The zero-order chi connectivity index (χ0) is 13.5. The Labute approximate surface area is 107 Å². The number of carboxylic acids is 1. The fourth-order valence-electron chi connectivity index (χ4n) is 1.80. The van der Waals surface area contributed by atoms with Crippen LogP contribution in [-0.4, -0.2) is 54.4 Å². The Morgan fingerprint density at radius 3 is 2.61 bits per heavy atom. The summed E-state index contributed by atoms with van der Waals surface area (Å²) < 4.78 is 4.96. The second kappa shape index (κ2) is 7.20. The average molecular weight is 258 g/mol. The summed E-state index contributed by atoms with van der Waals surface area (Å²) in [6, 6.07) is -0.849. The lowest BCUT2D eigenvalue weighted by molar-refractivity contribution is -0.139. The van der Waals surface area contributed by atoms with E-state index in [4.69, 9.17) is 9.84 Å². The summed E-state index contributed by atoms with van der Waals surface area (Å²) in [7, 11) is 1.58. The van der Waals surface area contributed by atoms with Gasteiger partial charge in [0.05, 0.1) is 6.61 Å². The van der Waals surface area contributed by atoms with Crippen LogP contribution >= 0.6 is 0 Å². The molecule has 0 unspecified atom stereocenters. The number of nitrogens with one attached hydrogen (secondary N) is 1. The van der Waals surface area contributed by atoms with Gasteiger partial charge in [-0.1, -0.05) is 13.3 Å². The molecule has 2 amide bonds. The quantitative estimate of drug-likeness (QED) is 0.682. The van der Waals surface area contributed by atoms with Gasteiger partial charge in [-0.25, -0.2) is 9.59 Å². The van der Waals surface area contributed by atoms with Crippen LogP contribution in [0.5, 0.6) is 0 Å². The monoisotopic (exact) mass is 258 g/mol. The topological polar surface area (TPSA) is 78.9 Å². The Balaban J connectivity index is 2.50. The zero-order valence-corrected chi connectivity index (χ0v) is 11.0. The number of amides is 2. The molecule has 6 heteroatoms. The van der Waals surface area contributed by atoms with Crippen LogP contribution in [-0.2, 0) is 9.53 Å². The first kappa shape index (κ1) is 14.8. The van der Waals surface area contributed by atoms with Crippen molar-refractivity contribution in [2.45, 2.75) is 44.7 Å². The molecule has 1 fully saturated rings. The van der Waals surface area contributed by atoms with Crippen LogP contribution < -0.4 is 5.32 Å². The van der Waals surface area contributed by atoms with Crippen LogP contribution in [0.3, 0.4) is 0 Å². The molecule has 0 bridgehead atoms. The minimum atomic E-state index is -0.979. The Morgan fingerprint density at radius 2 is 2.17 bits per heavy atom. The van der Waals surface area contributed by atoms with E-state index in [-0.39, 0.29) is 12.1 Å². The maximum Gasteiger partial charge on any atom is 0.326 e. The van der Waals surface area contributed by atoms with Gasteiger partial charge in [0.15, 0.2) is 0 Å². The second-order valence-electron chi connectivity index (χ2n) is 4.55. The van der Waals surface area contributed by atoms with Crippen molar-refractivity contribution in [3.05, 3.63) is 0 Å². The van der Waals surface area contributed by atoms with Crippen LogP contribution in [0.25, 0.3) is 0 Å². The van der Waals surface area contributed by atoms with Gasteiger partial charge in [-0.3, -0.25) is 0 Å². The van der Waals surface area contributed by atoms with Crippen LogP contribution in [0, 0.1) is 0 Å². The maximum absolute atomic E-state index is 12.0. The van der Waals surface area contributed by atoms with Crippen molar-refractivity contribution in [2.75, 3.05) is 20.3 Å². The fourth-order valence-corrected chi connectivity index (χ4v) is 1.80. The number of aliphatic carboxylic acids is 1. The Hall–Kier alpha value is -1.30. The molecule has 1 aliphatic rings. The predicted molar refractivity (Wildman–Crippen MR) is 66.5 cm³/mol. The van der Waals surface area contributed by atoms with E-state index >= 15 is 0 Å². The van der Waals surface area contributed by atoms with Crippen molar-refractivity contribution < 1.29 is 19.4 Å². The molecule has 2 N–H and O–H groups in total. The normalized spacial score (nSPS) is 16.1. The molecule has 0 saturated heterocycles. The zero-order valence-electron chi connectivity index (χ0n) is 11.0. The summed E-state index contributed by atoms with van der Waals surface area (Å²) in [6.07, 6.45) is 3.15. The molecule has 0 heterocycles. The number of methoxy groups -OCH3 is 1. The van der Waals surface area contributed by atoms with Gasteiger partial charge in [-0.15, -0.1) is 0 Å². The number of urea groups is 1. The van der Waals surface area contributed by atoms with E-state index in [2.05, 4.69) is 5.32 Å². The van der Waals surface area contributed by atoms with Crippen LogP contribution in [0.2, 0.25) is 0 Å². The van der Waals surface area contributed by atoms with E-state index in [0.29, 0.717) is 19.6 Å². The fraction of sp³-hybridized carbons (Fsp3) is 0.833. The summed E-state index contributed by atoms with van der Waals surface area (Å²) in [6.45, 7) is 2.87. The van der Waals surface area contributed by atoms with Gasteiger partial charge >= 0.3 is 12.0 Å². The first-order valence-corrected chi connectivity index (χ1v) is 6.39. The average Bonchev–Trinajstić information content (AvgIpc) is 3.13. The van der Waals surface area contributed by atoms with Gasteiger partial charge in [0, 0.05) is 19.7 Å². The highest BCUT2D eigenvalue weighted by Crippen LogP contribution is 2.26. The number of hydrogen-bond donors (Lipinski definition) is 2. The molecule has 1 aliphatic carbocycles. The third-order valence-electron chi connectivity index (χ3n) is 2.96. The number of rotatable bonds is 8. The molecule has 0 aromatic carbocycles. The molecular weight excluding hydrogens is 236 g/mol. The minimum absolute atomic E-state index is 0.247. The van der Waals surface area contributed by atoms with Gasteiger partial charge in [-0.05, 0) is 19.3 Å². The Morgan fingerprint density at radius 1 is 1.50 bits per heavy atom. The van der Waals surface area contributed by atoms with Crippen LogP contribution in [0.15, 0.2) is 0 Å². The van der Waals surface area contributed by atoms with Crippen LogP contribution in [0.1, 0.15) is 32.6 Å². The molecule has 0 aliphatic heterocycles. The molecule has 1 saturated carbocycles. The molecule has 0 spiro atoms. The van der Waals surface area contributed by atoms with E-state index in [1.807, 2.05) is 6.92 Å². The Kier molecular flexibility index (Phi) is 5.91. The molecule has 104 valence electrons. The van der Waals surface area contributed by atoms with E-state index < -0.39 is 12.0 Å². The molecule has 18 heavy (non-hydrogen) atoms. The highest BCUT2D eigenvalue weighted by molar-refractivity contribution is 5.82. The van der Waals surface area contributed by atoms with Crippen molar-refractivity contribution in [1.29, 1.82) is 0 Å². The van der Waals surface area contributed by atoms with Crippen molar-refractivity contribution in [1.82, 2.24) is 10.2 Å². The smallest absolute Gasteiger partial charge is 0.326 e. The second-order valence-corrected chi connectivity index (χ2v) is 4.55. The molecule has 0 aromatic heterocycles. The van der Waals surface area contributed by atoms with E-state index in [1.54, 1.807) is 12.0 Å². The molecule has 0 aromatic rings. The number of carbonyl (C=O) groups excluding carboxylic acids is 1. The lowest BCUT2D eigenvalue weighted by atomic mass is 10.2. The molecule has 1 rings (SSSR count). The van der Waals surface area contributed by atoms with Crippen molar-refractivity contribution in [3.63, 3.8) is 0 Å². The van der Waals surface area contributed by atoms with E-state index in [1.165, 1.54) is 0 Å². The van der Waals surface area contributed by atoms with Gasteiger partial charge < -0.3 is 20.1 Å². The Bertz CT molecular complexity index is 292. The lowest BCUT2D eigenvalue weighted by Crippen LogP contribution is -2.49. The van der Waals surface area contributed by atoms with E-state index in [9.17, 15) is 9.59 Å². The minimum Gasteiger partial charge on any atom is -0.480 e. The highest BCUT2D eigenvalue weighted by atomic mass is 16.5. The van der Waals surface area contributed by atoms with Gasteiger partial charge in [-0.2, -0.15) is 0 Å². The summed E-state index contributed by atoms with van der Waals surface area (Å²) in [5, 5.41) is 11.6. The van der Waals surface area contributed by atoms with Gasteiger partial charge in [0.1, 0.15) is 6.04 Å². The molecule has 0 radical (unpaired) electrons. The van der Waals surface area contributed by atoms with E-state index in [0.717, 1.165) is 19.3 Å². The highest BCUT2D eigenvalue weighted by Gasteiger charge is 2.33. The van der Waals surface area contributed by atoms with Crippen molar-refractivity contribution in [2.24, 2.45) is 0 Å². The predicted octanol–water partition coefficient (Wildman–Crippen LogP) is 1.06. The van der Waals surface area contributed by atoms with Crippen molar-refractivity contribution >= 4 is 12.0 Å². The molecule has 1 atom stereocenters. The maximum atomic E-state index is 12.0. The SMILES string of the molecule is CCC[C@@H](NC(=O)N(CCOC)C1CC1)C(=O)O. The number of nitrogens with zero attached hydrogens (tertiary/aromatic N) is 1. The lowest BCUT2D eigenvalue weighted by Gasteiger charge is -2.24. The summed E-state index contributed by atoms with van der Waals surface area (Å²) >= 11 is 0. The van der Waals surface area contributed by atoms with Crippen LogP contribution in [0.4, 0.5) is 4.79 Å². The van der Waals surface area contributed by atoms with Crippen molar-refractivity contribution in [3.8, 4) is 0 Å². The first-order valence-electron chi connectivity index (χ1n) is 6.39. The number of hydrogen-bond acceptors (Lipinski definition) is 3.